The highest BCUT2D eigenvalue weighted by Crippen LogP contribution is 2.22. The molecule has 1 saturated heterocycles. The van der Waals surface area contributed by atoms with Crippen LogP contribution in [0, 0.1) is 0 Å². The van der Waals surface area contributed by atoms with Crippen molar-refractivity contribution < 1.29 is 4.74 Å². The molecule has 3 nitrogen and oxygen atoms in total. The molecule has 2 rings (SSSR count). The van der Waals surface area contributed by atoms with E-state index in [1.807, 2.05) is 7.11 Å². The third kappa shape index (κ3) is 2.22. The average molecular weight is 184 g/mol. The summed E-state index contributed by atoms with van der Waals surface area (Å²) in [6.45, 7) is 2.30. The van der Waals surface area contributed by atoms with Gasteiger partial charge < -0.3 is 15.4 Å². The molecule has 76 valence electrons. The topological polar surface area (TPSA) is 33.3 Å². The normalized spacial score (nSPS) is 39.9. The van der Waals surface area contributed by atoms with Gasteiger partial charge in [0, 0.05) is 25.7 Å². The Labute approximate surface area is 80.2 Å². The minimum absolute atomic E-state index is 0.459. The Balaban J connectivity index is 1.79. The van der Waals surface area contributed by atoms with E-state index in [2.05, 4.69) is 10.6 Å². The molecule has 3 atom stereocenters. The summed E-state index contributed by atoms with van der Waals surface area (Å²) in [7, 11) is 1.83. The SMILES string of the molecule is COC1CCCC1NC1CCNC1. The molecule has 1 aliphatic heterocycles. The smallest absolute Gasteiger partial charge is 0.0724 e. The minimum Gasteiger partial charge on any atom is -0.380 e. The second-order valence-electron chi connectivity index (χ2n) is 4.17. The fourth-order valence-corrected chi connectivity index (χ4v) is 2.50. The second-order valence-corrected chi connectivity index (χ2v) is 4.17. The number of methoxy groups -OCH3 is 1. The number of rotatable bonds is 3. The first-order chi connectivity index (χ1) is 6.40. The zero-order valence-electron chi connectivity index (χ0n) is 8.38. The quantitative estimate of drug-likeness (QED) is 0.670. The van der Waals surface area contributed by atoms with E-state index < -0.39 is 0 Å². The van der Waals surface area contributed by atoms with Crippen molar-refractivity contribution in [1.29, 1.82) is 0 Å². The summed E-state index contributed by atoms with van der Waals surface area (Å²) in [4.78, 5) is 0. The van der Waals surface area contributed by atoms with Crippen LogP contribution in [0.15, 0.2) is 0 Å². The Hall–Kier alpha value is -0.120. The number of hydrogen-bond acceptors (Lipinski definition) is 3. The molecule has 0 radical (unpaired) electrons. The first-order valence-electron chi connectivity index (χ1n) is 5.39. The van der Waals surface area contributed by atoms with Crippen molar-refractivity contribution in [2.75, 3.05) is 20.2 Å². The van der Waals surface area contributed by atoms with Gasteiger partial charge in [0.05, 0.1) is 6.10 Å². The van der Waals surface area contributed by atoms with E-state index in [4.69, 9.17) is 4.74 Å². The molecule has 0 aromatic carbocycles. The predicted molar refractivity (Wildman–Crippen MR) is 52.8 cm³/mol. The summed E-state index contributed by atoms with van der Waals surface area (Å²) in [6, 6.07) is 1.29. The van der Waals surface area contributed by atoms with Crippen molar-refractivity contribution >= 4 is 0 Å². The summed E-state index contributed by atoms with van der Waals surface area (Å²) in [5, 5.41) is 7.07. The summed E-state index contributed by atoms with van der Waals surface area (Å²) < 4.78 is 5.45. The second kappa shape index (κ2) is 4.40. The summed E-state index contributed by atoms with van der Waals surface area (Å²) in [5.41, 5.74) is 0. The van der Waals surface area contributed by atoms with Crippen LogP contribution in [0.3, 0.4) is 0 Å². The van der Waals surface area contributed by atoms with Gasteiger partial charge in [-0.1, -0.05) is 0 Å². The Morgan fingerprint density at radius 1 is 1.31 bits per heavy atom. The lowest BCUT2D eigenvalue weighted by molar-refractivity contribution is 0.0820. The highest BCUT2D eigenvalue weighted by molar-refractivity contribution is 4.89. The zero-order valence-corrected chi connectivity index (χ0v) is 8.38. The van der Waals surface area contributed by atoms with Gasteiger partial charge in [0.15, 0.2) is 0 Å². The van der Waals surface area contributed by atoms with Gasteiger partial charge in [-0.05, 0) is 32.2 Å². The molecule has 0 spiro atoms. The first-order valence-corrected chi connectivity index (χ1v) is 5.39. The third-order valence-electron chi connectivity index (χ3n) is 3.27. The Morgan fingerprint density at radius 3 is 2.92 bits per heavy atom. The maximum absolute atomic E-state index is 5.45. The Bertz CT molecular complexity index is 157. The average Bonchev–Trinajstić information content (AvgIpc) is 2.76. The predicted octanol–water partition coefficient (Wildman–Crippen LogP) is 0.505. The standard InChI is InChI=1S/C10H20N2O/c1-13-10-4-2-3-9(10)12-8-5-6-11-7-8/h8-12H,2-7H2,1H3. The maximum atomic E-state index is 5.45. The lowest BCUT2D eigenvalue weighted by Gasteiger charge is -2.23. The Kier molecular flexibility index (Phi) is 3.19. The van der Waals surface area contributed by atoms with Gasteiger partial charge in [-0.15, -0.1) is 0 Å². The van der Waals surface area contributed by atoms with E-state index >= 15 is 0 Å². The highest BCUT2D eigenvalue weighted by Gasteiger charge is 2.29. The van der Waals surface area contributed by atoms with Gasteiger partial charge in [0.2, 0.25) is 0 Å². The van der Waals surface area contributed by atoms with E-state index in [1.165, 1.54) is 32.2 Å². The molecule has 13 heavy (non-hydrogen) atoms. The third-order valence-corrected chi connectivity index (χ3v) is 3.27. The minimum atomic E-state index is 0.459. The summed E-state index contributed by atoms with van der Waals surface area (Å²) in [6.07, 6.45) is 5.56. The summed E-state index contributed by atoms with van der Waals surface area (Å²) >= 11 is 0. The number of hydrogen-bond donors (Lipinski definition) is 2. The van der Waals surface area contributed by atoms with Crippen LogP contribution in [0.5, 0.6) is 0 Å². The fraction of sp³-hybridized carbons (Fsp3) is 1.00. The van der Waals surface area contributed by atoms with Crippen molar-refractivity contribution in [3.63, 3.8) is 0 Å². The molecular formula is C10H20N2O. The lowest BCUT2D eigenvalue weighted by atomic mass is 10.1. The molecule has 3 unspecified atom stereocenters. The number of ether oxygens (including phenoxy) is 1. The van der Waals surface area contributed by atoms with Gasteiger partial charge in [0.25, 0.3) is 0 Å². The molecule has 2 N–H and O–H groups in total. The molecule has 1 aliphatic carbocycles. The van der Waals surface area contributed by atoms with Crippen LogP contribution in [0.4, 0.5) is 0 Å². The largest absolute Gasteiger partial charge is 0.380 e. The van der Waals surface area contributed by atoms with E-state index in [1.54, 1.807) is 0 Å². The molecule has 2 aliphatic rings. The molecule has 3 heteroatoms. The monoisotopic (exact) mass is 184 g/mol. The molecule has 0 bridgehead atoms. The van der Waals surface area contributed by atoms with Crippen molar-refractivity contribution in [3.8, 4) is 0 Å². The number of nitrogens with one attached hydrogen (secondary N) is 2. The molecule has 0 aromatic heterocycles. The molecular weight excluding hydrogens is 164 g/mol. The van der Waals surface area contributed by atoms with E-state index in [-0.39, 0.29) is 0 Å². The van der Waals surface area contributed by atoms with Crippen LogP contribution in [0.2, 0.25) is 0 Å². The van der Waals surface area contributed by atoms with Crippen molar-refractivity contribution in [1.82, 2.24) is 10.6 Å². The fourth-order valence-electron chi connectivity index (χ4n) is 2.50. The van der Waals surface area contributed by atoms with Crippen molar-refractivity contribution in [2.45, 2.75) is 43.9 Å². The van der Waals surface area contributed by atoms with E-state index in [9.17, 15) is 0 Å². The van der Waals surface area contributed by atoms with Gasteiger partial charge in [-0.25, -0.2) is 0 Å². The van der Waals surface area contributed by atoms with Gasteiger partial charge >= 0.3 is 0 Å². The summed E-state index contributed by atoms with van der Waals surface area (Å²) in [5.74, 6) is 0. The highest BCUT2D eigenvalue weighted by atomic mass is 16.5. The van der Waals surface area contributed by atoms with Crippen LogP contribution in [-0.2, 0) is 4.74 Å². The van der Waals surface area contributed by atoms with E-state index in [0.29, 0.717) is 18.2 Å². The van der Waals surface area contributed by atoms with Crippen LogP contribution >= 0.6 is 0 Å². The molecule has 0 aromatic rings. The van der Waals surface area contributed by atoms with Crippen LogP contribution in [0.1, 0.15) is 25.7 Å². The molecule has 2 fully saturated rings. The van der Waals surface area contributed by atoms with Crippen LogP contribution in [0.25, 0.3) is 0 Å². The van der Waals surface area contributed by atoms with E-state index in [0.717, 1.165) is 6.54 Å². The Morgan fingerprint density at radius 2 is 2.23 bits per heavy atom. The molecule has 1 heterocycles. The van der Waals surface area contributed by atoms with Gasteiger partial charge in [0.1, 0.15) is 0 Å². The van der Waals surface area contributed by atoms with Crippen molar-refractivity contribution in [2.24, 2.45) is 0 Å². The van der Waals surface area contributed by atoms with Gasteiger partial charge in [-0.3, -0.25) is 0 Å². The molecule has 1 saturated carbocycles. The van der Waals surface area contributed by atoms with Gasteiger partial charge in [-0.2, -0.15) is 0 Å². The van der Waals surface area contributed by atoms with Crippen LogP contribution < -0.4 is 10.6 Å². The van der Waals surface area contributed by atoms with Crippen LogP contribution in [-0.4, -0.2) is 38.4 Å². The molecule has 0 amide bonds. The zero-order chi connectivity index (χ0) is 9.10. The first kappa shape index (κ1) is 9.44. The van der Waals surface area contributed by atoms with Crippen molar-refractivity contribution in [3.05, 3.63) is 0 Å². The maximum Gasteiger partial charge on any atom is 0.0724 e. The lowest BCUT2D eigenvalue weighted by Crippen LogP contribution is -2.44.